The smallest absolute Gasteiger partial charge is 0.161 e. The highest BCUT2D eigenvalue weighted by Crippen LogP contribution is 2.34. The van der Waals surface area contributed by atoms with Crippen molar-refractivity contribution < 1.29 is 18.3 Å². The summed E-state index contributed by atoms with van der Waals surface area (Å²) >= 11 is 11.4. The van der Waals surface area contributed by atoms with Crippen LogP contribution in [0.15, 0.2) is 24.3 Å². The van der Waals surface area contributed by atoms with Gasteiger partial charge in [0.05, 0.1) is 10.0 Å². The van der Waals surface area contributed by atoms with Gasteiger partial charge in [0, 0.05) is 23.9 Å². The fourth-order valence-electron chi connectivity index (χ4n) is 1.56. The van der Waals surface area contributed by atoms with Gasteiger partial charge in [-0.15, -0.1) is 0 Å². The van der Waals surface area contributed by atoms with E-state index >= 15 is 0 Å². The van der Waals surface area contributed by atoms with E-state index in [0.29, 0.717) is 11.8 Å². The molecule has 0 saturated carbocycles. The van der Waals surface area contributed by atoms with E-state index in [0.717, 1.165) is 6.07 Å². The number of phenolic OH excluding ortho intramolecular Hbond substituents is 1. The van der Waals surface area contributed by atoms with Crippen LogP contribution < -0.4 is 5.32 Å². The van der Waals surface area contributed by atoms with Crippen molar-refractivity contribution in [2.75, 3.05) is 5.32 Å². The number of halogens is 5. The summed E-state index contributed by atoms with van der Waals surface area (Å²) in [5.74, 6) is -3.52. The highest BCUT2D eigenvalue weighted by Gasteiger charge is 2.11. The third-order valence-electron chi connectivity index (χ3n) is 2.59. The zero-order chi connectivity index (χ0) is 14.9. The lowest BCUT2D eigenvalue weighted by Gasteiger charge is -2.10. The van der Waals surface area contributed by atoms with Crippen LogP contribution in [0.25, 0.3) is 0 Å². The van der Waals surface area contributed by atoms with E-state index in [1.165, 1.54) is 12.1 Å². The standard InChI is InChI=1S/C13H8Cl2F3NO/c14-8-2-7(3-9(15)13(8)20)19-5-6-1-11(17)12(18)4-10(6)16/h1-4,19-20H,5H2. The summed E-state index contributed by atoms with van der Waals surface area (Å²) in [6.45, 7) is -0.0968. The van der Waals surface area contributed by atoms with Gasteiger partial charge in [0.1, 0.15) is 5.82 Å². The first-order valence-electron chi connectivity index (χ1n) is 5.44. The number of nitrogens with one attached hydrogen (secondary N) is 1. The molecule has 0 unspecified atom stereocenters. The molecule has 0 saturated heterocycles. The highest BCUT2D eigenvalue weighted by atomic mass is 35.5. The predicted octanol–water partition coefficient (Wildman–Crippen LogP) is 4.73. The minimum Gasteiger partial charge on any atom is -0.505 e. The maximum absolute atomic E-state index is 13.4. The van der Waals surface area contributed by atoms with E-state index in [1.54, 1.807) is 0 Å². The molecule has 2 nitrogen and oxygen atoms in total. The van der Waals surface area contributed by atoms with Gasteiger partial charge in [-0.05, 0) is 18.2 Å². The third-order valence-corrected chi connectivity index (χ3v) is 3.17. The van der Waals surface area contributed by atoms with Crippen molar-refractivity contribution in [1.82, 2.24) is 0 Å². The number of hydrogen-bond donors (Lipinski definition) is 2. The summed E-state index contributed by atoms with van der Waals surface area (Å²) in [6.07, 6.45) is 0. The van der Waals surface area contributed by atoms with Gasteiger partial charge in [-0.3, -0.25) is 0 Å². The molecule has 0 fully saturated rings. The van der Waals surface area contributed by atoms with Gasteiger partial charge >= 0.3 is 0 Å². The van der Waals surface area contributed by atoms with E-state index < -0.39 is 17.5 Å². The molecule has 2 aromatic rings. The number of benzene rings is 2. The molecule has 2 aromatic carbocycles. The van der Waals surface area contributed by atoms with Gasteiger partial charge < -0.3 is 10.4 Å². The Morgan fingerprint density at radius 2 is 1.45 bits per heavy atom. The SMILES string of the molecule is Oc1c(Cl)cc(NCc2cc(F)c(F)cc2F)cc1Cl. The van der Waals surface area contributed by atoms with Crippen molar-refractivity contribution in [1.29, 1.82) is 0 Å². The van der Waals surface area contributed by atoms with Gasteiger partial charge in [-0.2, -0.15) is 0 Å². The Hall–Kier alpha value is -1.59. The molecule has 0 bridgehead atoms. The second-order valence-electron chi connectivity index (χ2n) is 4.00. The second kappa shape index (κ2) is 5.81. The molecule has 0 radical (unpaired) electrons. The summed E-state index contributed by atoms with van der Waals surface area (Å²) < 4.78 is 39.2. The second-order valence-corrected chi connectivity index (χ2v) is 4.81. The number of rotatable bonds is 3. The van der Waals surface area contributed by atoms with Gasteiger partial charge in [0.15, 0.2) is 17.4 Å². The Kier molecular flexibility index (Phi) is 4.30. The molecular formula is C13H8Cl2F3NO. The van der Waals surface area contributed by atoms with Gasteiger partial charge in [-0.1, -0.05) is 23.2 Å². The van der Waals surface area contributed by atoms with E-state index in [-0.39, 0.29) is 27.9 Å². The van der Waals surface area contributed by atoms with Crippen LogP contribution in [0.1, 0.15) is 5.56 Å². The lowest BCUT2D eigenvalue weighted by molar-refractivity contribution is 0.476. The molecule has 0 spiro atoms. The Balaban J connectivity index is 2.19. The van der Waals surface area contributed by atoms with E-state index in [9.17, 15) is 18.3 Å². The van der Waals surface area contributed by atoms with Crippen LogP contribution in [0.4, 0.5) is 18.9 Å². The van der Waals surface area contributed by atoms with Crippen molar-refractivity contribution in [3.8, 4) is 5.75 Å². The van der Waals surface area contributed by atoms with Crippen LogP contribution in [0.3, 0.4) is 0 Å². The van der Waals surface area contributed by atoms with Crippen molar-refractivity contribution in [3.63, 3.8) is 0 Å². The van der Waals surface area contributed by atoms with Crippen LogP contribution >= 0.6 is 23.2 Å². The van der Waals surface area contributed by atoms with E-state index in [2.05, 4.69) is 5.32 Å². The van der Waals surface area contributed by atoms with Crippen LogP contribution in [-0.4, -0.2) is 5.11 Å². The summed E-state index contributed by atoms with van der Waals surface area (Å²) in [5.41, 5.74) is 0.353. The van der Waals surface area contributed by atoms with E-state index in [4.69, 9.17) is 23.2 Å². The molecular weight excluding hydrogens is 314 g/mol. The summed E-state index contributed by atoms with van der Waals surface area (Å²) in [5, 5.41) is 12.2. The molecule has 2 N–H and O–H groups in total. The summed E-state index contributed by atoms with van der Waals surface area (Å²) in [7, 11) is 0. The minimum atomic E-state index is -1.25. The van der Waals surface area contributed by atoms with Crippen molar-refractivity contribution in [3.05, 3.63) is 57.3 Å². The van der Waals surface area contributed by atoms with Gasteiger partial charge in [0.2, 0.25) is 0 Å². The van der Waals surface area contributed by atoms with E-state index in [1.807, 2.05) is 0 Å². The molecule has 0 amide bonds. The van der Waals surface area contributed by atoms with Crippen LogP contribution in [-0.2, 0) is 6.54 Å². The summed E-state index contributed by atoms with van der Waals surface area (Å²) in [4.78, 5) is 0. The number of hydrogen-bond acceptors (Lipinski definition) is 2. The normalized spacial score (nSPS) is 10.7. The third kappa shape index (κ3) is 3.11. The minimum absolute atomic E-state index is 0.0192. The largest absolute Gasteiger partial charge is 0.505 e. The van der Waals surface area contributed by atoms with Crippen LogP contribution in [0.5, 0.6) is 5.75 Å². The quantitative estimate of drug-likeness (QED) is 0.632. The first-order chi connectivity index (χ1) is 9.38. The lowest BCUT2D eigenvalue weighted by atomic mass is 10.2. The number of phenols is 1. The molecule has 0 aliphatic rings. The summed E-state index contributed by atoms with van der Waals surface area (Å²) in [6, 6.07) is 3.99. The van der Waals surface area contributed by atoms with Crippen molar-refractivity contribution >= 4 is 28.9 Å². The Bertz CT molecular complexity index is 641. The van der Waals surface area contributed by atoms with Gasteiger partial charge in [-0.25, -0.2) is 13.2 Å². The topological polar surface area (TPSA) is 32.3 Å². The lowest BCUT2D eigenvalue weighted by Crippen LogP contribution is -2.03. The maximum Gasteiger partial charge on any atom is 0.161 e. The number of aromatic hydroxyl groups is 1. The van der Waals surface area contributed by atoms with Gasteiger partial charge in [0.25, 0.3) is 0 Å². The molecule has 0 aromatic heterocycles. The average Bonchev–Trinajstić information content (AvgIpc) is 2.38. The first-order valence-corrected chi connectivity index (χ1v) is 6.19. The monoisotopic (exact) mass is 321 g/mol. The molecule has 20 heavy (non-hydrogen) atoms. The number of anilines is 1. The van der Waals surface area contributed by atoms with Crippen molar-refractivity contribution in [2.24, 2.45) is 0 Å². The molecule has 0 aliphatic carbocycles. The van der Waals surface area contributed by atoms with Crippen molar-refractivity contribution in [2.45, 2.75) is 6.54 Å². The Labute approximate surface area is 122 Å². The average molecular weight is 322 g/mol. The fourth-order valence-corrected chi connectivity index (χ4v) is 2.05. The Morgan fingerprint density at radius 3 is 2.05 bits per heavy atom. The molecule has 0 aliphatic heterocycles. The zero-order valence-electron chi connectivity index (χ0n) is 9.85. The molecule has 0 heterocycles. The highest BCUT2D eigenvalue weighted by molar-refractivity contribution is 6.37. The maximum atomic E-state index is 13.4. The molecule has 7 heteroatoms. The molecule has 2 rings (SSSR count). The molecule has 0 atom stereocenters. The van der Waals surface area contributed by atoms with Crippen LogP contribution in [0.2, 0.25) is 10.0 Å². The fraction of sp³-hybridized carbons (Fsp3) is 0.0769. The Morgan fingerprint density at radius 1 is 0.900 bits per heavy atom. The zero-order valence-corrected chi connectivity index (χ0v) is 11.4. The molecule has 106 valence electrons. The predicted molar refractivity (Wildman–Crippen MR) is 71.8 cm³/mol. The van der Waals surface area contributed by atoms with Crippen LogP contribution in [0, 0.1) is 17.5 Å². The first kappa shape index (κ1) is 14.8.